The molecular formula is C19H17N3OS2. The average Bonchev–Trinajstić information content (AvgIpc) is 3.17. The zero-order valence-electron chi connectivity index (χ0n) is 14.1. The van der Waals surface area contributed by atoms with Crippen molar-refractivity contribution in [2.45, 2.75) is 20.8 Å². The molecule has 4 nitrogen and oxygen atoms in total. The van der Waals surface area contributed by atoms with Crippen LogP contribution in [0, 0.1) is 17.8 Å². The molecular weight excluding hydrogens is 350 g/mol. The molecule has 6 heteroatoms. The highest BCUT2D eigenvalue weighted by molar-refractivity contribution is 7.73. The first-order valence-corrected chi connectivity index (χ1v) is 9.17. The molecule has 0 saturated carbocycles. The SMILES string of the molecule is CC1=Nc2ccccc2C1=Cc1sc(=S)n(-n2c(C)ccc2C)c1O. The molecule has 0 aliphatic carbocycles. The third-order valence-corrected chi connectivity index (χ3v) is 5.66. The molecule has 0 amide bonds. The van der Waals surface area contributed by atoms with Crippen LogP contribution in [0.15, 0.2) is 41.4 Å². The molecule has 1 N–H and O–H groups in total. The number of aryl methyl sites for hydroxylation is 2. The van der Waals surface area contributed by atoms with E-state index < -0.39 is 0 Å². The molecule has 3 aromatic rings. The van der Waals surface area contributed by atoms with Gasteiger partial charge in [0.2, 0.25) is 5.88 Å². The second kappa shape index (κ2) is 5.82. The van der Waals surface area contributed by atoms with E-state index in [1.807, 2.05) is 61.9 Å². The first-order valence-electron chi connectivity index (χ1n) is 7.94. The van der Waals surface area contributed by atoms with Crippen molar-refractivity contribution in [3.8, 4) is 5.88 Å². The van der Waals surface area contributed by atoms with Crippen molar-refractivity contribution in [3.05, 3.63) is 62.2 Å². The van der Waals surface area contributed by atoms with Gasteiger partial charge < -0.3 is 5.11 Å². The number of allylic oxidation sites excluding steroid dienone is 1. The third kappa shape index (κ3) is 2.49. The van der Waals surface area contributed by atoms with Crippen molar-refractivity contribution in [2.75, 3.05) is 0 Å². The van der Waals surface area contributed by atoms with Gasteiger partial charge in [-0.3, -0.25) is 9.67 Å². The van der Waals surface area contributed by atoms with E-state index in [-0.39, 0.29) is 5.88 Å². The lowest BCUT2D eigenvalue weighted by Gasteiger charge is -2.11. The van der Waals surface area contributed by atoms with Crippen molar-refractivity contribution < 1.29 is 5.11 Å². The minimum atomic E-state index is 0.155. The molecule has 0 fully saturated rings. The largest absolute Gasteiger partial charge is 0.492 e. The van der Waals surface area contributed by atoms with Crippen molar-refractivity contribution >= 4 is 46.6 Å². The summed E-state index contributed by atoms with van der Waals surface area (Å²) in [5.41, 5.74) is 6.05. The van der Waals surface area contributed by atoms with E-state index in [1.165, 1.54) is 11.3 Å². The number of hydrogen-bond donors (Lipinski definition) is 1. The smallest absolute Gasteiger partial charge is 0.230 e. The van der Waals surface area contributed by atoms with Crippen molar-refractivity contribution in [1.82, 2.24) is 9.35 Å². The topological polar surface area (TPSA) is 42.5 Å². The lowest BCUT2D eigenvalue weighted by molar-refractivity contribution is 0.399. The van der Waals surface area contributed by atoms with Gasteiger partial charge in [-0.25, -0.2) is 0 Å². The molecule has 4 rings (SSSR count). The summed E-state index contributed by atoms with van der Waals surface area (Å²) >= 11 is 6.91. The summed E-state index contributed by atoms with van der Waals surface area (Å²) in [6, 6.07) is 12.1. The van der Waals surface area contributed by atoms with Crippen LogP contribution in [0.1, 0.15) is 28.8 Å². The van der Waals surface area contributed by atoms with E-state index in [4.69, 9.17) is 12.2 Å². The normalized spacial score (nSPS) is 14.8. The molecule has 0 spiro atoms. The molecule has 0 radical (unpaired) electrons. The number of benzene rings is 1. The number of aromatic hydroxyl groups is 1. The van der Waals surface area contributed by atoms with Gasteiger partial charge in [0, 0.05) is 28.2 Å². The fourth-order valence-electron chi connectivity index (χ4n) is 3.17. The minimum absolute atomic E-state index is 0.155. The highest BCUT2D eigenvalue weighted by atomic mass is 32.1. The van der Waals surface area contributed by atoms with Crippen LogP contribution in [0.3, 0.4) is 0 Å². The van der Waals surface area contributed by atoms with Gasteiger partial charge in [0.05, 0.1) is 10.6 Å². The fourth-order valence-corrected chi connectivity index (χ4v) is 4.40. The maximum atomic E-state index is 10.8. The standard InChI is InChI=1S/C19H17N3OS2/c1-11-8-9-12(2)21(11)22-18(23)17(25-19(22)24)10-15-13(3)20-16-7-5-4-6-14(15)16/h4-10,23H,1-3H3. The summed E-state index contributed by atoms with van der Waals surface area (Å²) in [5, 5.41) is 10.8. The maximum Gasteiger partial charge on any atom is 0.230 e. The molecule has 2 aromatic heterocycles. The number of hydrogen-bond acceptors (Lipinski definition) is 4. The van der Waals surface area contributed by atoms with Gasteiger partial charge in [-0.2, -0.15) is 4.68 Å². The maximum absolute atomic E-state index is 10.8. The van der Waals surface area contributed by atoms with Crippen LogP contribution in [0.2, 0.25) is 0 Å². The number of aliphatic imine (C=N–C) groups is 1. The van der Waals surface area contributed by atoms with E-state index in [0.717, 1.165) is 38.8 Å². The van der Waals surface area contributed by atoms with E-state index in [1.54, 1.807) is 4.68 Å². The molecule has 0 bridgehead atoms. The van der Waals surface area contributed by atoms with Crippen LogP contribution < -0.4 is 0 Å². The zero-order valence-corrected chi connectivity index (χ0v) is 15.8. The van der Waals surface area contributed by atoms with Crippen LogP contribution in [0.5, 0.6) is 5.88 Å². The van der Waals surface area contributed by atoms with Crippen molar-refractivity contribution in [1.29, 1.82) is 0 Å². The number of para-hydroxylation sites is 1. The van der Waals surface area contributed by atoms with Crippen molar-refractivity contribution in [3.63, 3.8) is 0 Å². The Morgan fingerprint density at radius 1 is 1.04 bits per heavy atom. The van der Waals surface area contributed by atoms with Gasteiger partial charge in [0.1, 0.15) is 0 Å². The number of fused-ring (bicyclic) bond motifs is 1. The van der Waals surface area contributed by atoms with Gasteiger partial charge >= 0.3 is 0 Å². The number of aromatic nitrogens is 2. The van der Waals surface area contributed by atoms with Gasteiger partial charge in [0.15, 0.2) is 3.95 Å². The predicted molar refractivity (Wildman–Crippen MR) is 107 cm³/mol. The summed E-state index contributed by atoms with van der Waals surface area (Å²) in [7, 11) is 0. The Balaban J connectivity index is 1.89. The Morgan fingerprint density at radius 2 is 1.72 bits per heavy atom. The number of rotatable bonds is 2. The molecule has 3 heterocycles. The van der Waals surface area contributed by atoms with E-state index in [9.17, 15) is 5.11 Å². The Bertz CT molecular complexity index is 1090. The fraction of sp³-hybridized carbons (Fsp3) is 0.158. The Kier molecular flexibility index (Phi) is 3.74. The van der Waals surface area contributed by atoms with E-state index in [0.29, 0.717) is 3.95 Å². The second-order valence-electron chi connectivity index (χ2n) is 6.07. The zero-order chi connectivity index (χ0) is 17.7. The number of thiazole rings is 1. The first-order chi connectivity index (χ1) is 12.0. The molecule has 1 aliphatic rings. The lowest BCUT2D eigenvalue weighted by atomic mass is 10.0. The predicted octanol–water partition coefficient (Wildman–Crippen LogP) is 5.36. The molecule has 0 atom stereocenters. The summed E-state index contributed by atoms with van der Waals surface area (Å²) < 4.78 is 4.22. The Hall–Kier alpha value is -2.44. The van der Waals surface area contributed by atoms with Crippen LogP contribution in [-0.2, 0) is 0 Å². The third-order valence-electron chi connectivity index (χ3n) is 4.37. The van der Waals surface area contributed by atoms with Gasteiger partial charge in [-0.15, -0.1) is 0 Å². The van der Waals surface area contributed by atoms with Crippen LogP contribution in [0.4, 0.5) is 5.69 Å². The number of nitrogens with zero attached hydrogens (tertiary/aromatic N) is 3. The van der Waals surface area contributed by atoms with Gasteiger partial charge in [-0.05, 0) is 57.3 Å². The average molecular weight is 367 g/mol. The highest BCUT2D eigenvalue weighted by Crippen LogP contribution is 2.38. The quantitative estimate of drug-likeness (QED) is 0.620. The van der Waals surface area contributed by atoms with Crippen molar-refractivity contribution in [2.24, 2.45) is 4.99 Å². The Labute approximate surface area is 155 Å². The monoisotopic (exact) mass is 367 g/mol. The highest BCUT2D eigenvalue weighted by Gasteiger charge is 2.20. The van der Waals surface area contributed by atoms with E-state index >= 15 is 0 Å². The molecule has 126 valence electrons. The Morgan fingerprint density at radius 3 is 2.44 bits per heavy atom. The van der Waals surface area contributed by atoms with Crippen LogP contribution >= 0.6 is 23.6 Å². The summed E-state index contributed by atoms with van der Waals surface area (Å²) in [5.74, 6) is 0.155. The summed E-state index contributed by atoms with van der Waals surface area (Å²) in [6.45, 7) is 5.97. The first kappa shape index (κ1) is 16.1. The lowest BCUT2D eigenvalue weighted by Crippen LogP contribution is -2.11. The molecule has 1 aliphatic heterocycles. The second-order valence-corrected chi connectivity index (χ2v) is 7.74. The molecule has 0 saturated heterocycles. The summed E-state index contributed by atoms with van der Waals surface area (Å²) in [6.07, 6.45) is 1.98. The van der Waals surface area contributed by atoms with Gasteiger partial charge in [-0.1, -0.05) is 29.5 Å². The summed E-state index contributed by atoms with van der Waals surface area (Å²) in [4.78, 5) is 5.33. The molecule has 25 heavy (non-hydrogen) atoms. The van der Waals surface area contributed by atoms with Crippen LogP contribution in [-0.4, -0.2) is 20.2 Å². The molecule has 0 unspecified atom stereocenters. The van der Waals surface area contributed by atoms with Gasteiger partial charge in [0.25, 0.3) is 0 Å². The minimum Gasteiger partial charge on any atom is -0.492 e. The van der Waals surface area contributed by atoms with Crippen LogP contribution in [0.25, 0.3) is 11.6 Å². The van der Waals surface area contributed by atoms with E-state index in [2.05, 4.69) is 11.1 Å². The molecule has 1 aromatic carbocycles.